The summed E-state index contributed by atoms with van der Waals surface area (Å²) in [5.74, 6) is -1.05. The van der Waals surface area contributed by atoms with Crippen LogP contribution in [0.5, 0.6) is 0 Å². The van der Waals surface area contributed by atoms with E-state index >= 15 is 0 Å². The summed E-state index contributed by atoms with van der Waals surface area (Å²) < 4.78 is 144. The average molecular weight is 594 g/mol. The molecule has 0 spiro atoms. The van der Waals surface area contributed by atoms with Crippen LogP contribution in [0.25, 0.3) is 94.4 Å². The standard InChI is InChI=1S/C39H22N4O2/c1-2-11-23(12-3-1)37-40-38(29-17-10-16-26-24-13-5-8-19-32(24)44-35(26)29)42-39(41-37)43-30-18-7-4-15-28(30)34-31(43)22-21-27-25-14-6-9-20-33(25)45-36(27)34/h1-22H/i1D,2D,3D,4D,6D,7D,9D,11D,12D,14D,15D,18D,20D,21D,22D. The molecular formula is C39H22N4O2. The first-order valence-corrected chi connectivity index (χ1v) is 13.7. The summed E-state index contributed by atoms with van der Waals surface area (Å²) in [6, 6.07) is 2.87. The summed E-state index contributed by atoms with van der Waals surface area (Å²) in [6.07, 6.45) is 0. The van der Waals surface area contributed by atoms with Crippen LogP contribution in [0.3, 0.4) is 0 Å². The maximum absolute atomic E-state index is 9.45. The van der Waals surface area contributed by atoms with Crippen molar-refractivity contribution in [2.45, 2.75) is 0 Å². The Morgan fingerprint density at radius 3 is 2.20 bits per heavy atom. The number of aromatic nitrogens is 4. The van der Waals surface area contributed by atoms with Gasteiger partial charge in [0.15, 0.2) is 11.6 Å². The summed E-state index contributed by atoms with van der Waals surface area (Å²) >= 11 is 0. The zero-order valence-electron chi connectivity index (χ0n) is 37.6. The number of furan rings is 2. The lowest BCUT2D eigenvalue weighted by molar-refractivity contribution is 0.669. The molecule has 0 aliphatic heterocycles. The second kappa shape index (κ2) is 9.11. The van der Waals surface area contributed by atoms with E-state index in [-0.39, 0.29) is 55.1 Å². The lowest BCUT2D eigenvalue weighted by Crippen LogP contribution is -2.06. The first kappa shape index (κ1) is 14.0. The highest BCUT2D eigenvalue weighted by Gasteiger charge is 2.22. The number of fused-ring (bicyclic) bond motifs is 10. The Morgan fingerprint density at radius 1 is 0.511 bits per heavy atom. The minimum absolute atomic E-state index is 0.159. The van der Waals surface area contributed by atoms with Crippen molar-refractivity contribution in [2.75, 3.05) is 0 Å². The highest BCUT2D eigenvalue weighted by atomic mass is 16.3. The largest absolute Gasteiger partial charge is 0.455 e. The molecule has 210 valence electrons. The third-order valence-corrected chi connectivity index (χ3v) is 7.66. The van der Waals surface area contributed by atoms with Crippen LogP contribution in [0.4, 0.5) is 0 Å². The van der Waals surface area contributed by atoms with Crippen LogP contribution in [0.1, 0.15) is 20.6 Å². The van der Waals surface area contributed by atoms with E-state index in [1.165, 1.54) is 0 Å². The van der Waals surface area contributed by atoms with Gasteiger partial charge in [0.05, 0.1) is 42.5 Å². The van der Waals surface area contributed by atoms with E-state index < -0.39 is 108 Å². The van der Waals surface area contributed by atoms with Crippen molar-refractivity contribution in [1.29, 1.82) is 0 Å². The van der Waals surface area contributed by atoms with Gasteiger partial charge in [-0.2, -0.15) is 9.97 Å². The summed E-state index contributed by atoms with van der Waals surface area (Å²) in [5.41, 5.74) is -0.531. The maximum Gasteiger partial charge on any atom is 0.238 e. The number of rotatable bonds is 3. The smallest absolute Gasteiger partial charge is 0.238 e. The highest BCUT2D eigenvalue weighted by molar-refractivity contribution is 6.23. The van der Waals surface area contributed by atoms with Crippen LogP contribution in [-0.4, -0.2) is 19.5 Å². The molecule has 0 saturated carbocycles. The molecule has 0 atom stereocenters. The van der Waals surface area contributed by atoms with Crippen LogP contribution >= 0.6 is 0 Å². The highest BCUT2D eigenvalue weighted by Crippen LogP contribution is 2.41. The minimum atomic E-state index is -0.693. The molecule has 45 heavy (non-hydrogen) atoms. The SMILES string of the molecule is [2H]c1c([2H])c([2H])c(-c2nc(-c3cccc4c3oc3ccccc34)nc(-n3c4c([2H])c([2H])c([2H])c([2H])c4c4c5oc6c([2H])c([2H])c([2H])c([2H])c6c5c([2H])c([2H])c43)n2)c([2H])c1[2H]. The predicted octanol–water partition coefficient (Wildman–Crippen LogP) is 10.1. The molecule has 6 heteroatoms. The number of hydrogen-bond acceptors (Lipinski definition) is 5. The number of benzene rings is 6. The van der Waals surface area contributed by atoms with Crippen LogP contribution < -0.4 is 0 Å². The van der Waals surface area contributed by atoms with Crippen molar-refractivity contribution in [2.24, 2.45) is 0 Å². The van der Waals surface area contributed by atoms with E-state index in [0.717, 1.165) is 9.95 Å². The molecule has 10 aromatic rings. The van der Waals surface area contributed by atoms with E-state index in [9.17, 15) is 4.11 Å². The molecule has 0 aliphatic rings. The van der Waals surface area contributed by atoms with Crippen LogP contribution in [0.15, 0.2) is 142 Å². The molecule has 4 heterocycles. The molecule has 0 fully saturated rings. The molecule has 4 aromatic heterocycles. The Bertz CT molecular complexity index is 3610. The van der Waals surface area contributed by atoms with E-state index in [1.807, 2.05) is 18.2 Å². The van der Waals surface area contributed by atoms with Crippen molar-refractivity contribution < 1.29 is 29.4 Å². The predicted molar refractivity (Wildman–Crippen MR) is 180 cm³/mol. The quantitative estimate of drug-likeness (QED) is 0.204. The van der Waals surface area contributed by atoms with Crippen molar-refractivity contribution in [3.8, 4) is 28.7 Å². The van der Waals surface area contributed by atoms with Crippen molar-refractivity contribution in [3.05, 3.63) is 133 Å². The lowest BCUT2D eigenvalue weighted by Gasteiger charge is -2.11. The summed E-state index contributed by atoms with van der Waals surface area (Å²) in [4.78, 5) is 14.0. The van der Waals surface area contributed by atoms with Gasteiger partial charge in [-0.15, -0.1) is 0 Å². The molecule has 0 N–H and O–H groups in total. The monoisotopic (exact) mass is 593 g/mol. The Kier molecular flexibility index (Phi) is 2.84. The Labute approximate surface area is 276 Å². The molecule has 0 saturated heterocycles. The topological polar surface area (TPSA) is 69.9 Å². The van der Waals surface area contributed by atoms with Gasteiger partial charge in [-0.05, 0) is 36.3 Å². The summed E-state index contributed by atoms with van der Waals surface area (Å²) in [6.45, 7) is 0. The normalized spacial score (nSPS) is 16.7. The molecule has 0 bridgehead atoms. The van der Waals surface area contributed by atoms with E-state index in [0.29, 0.717) is 16.6 Å². The van der Waals surface area contributed by atoms with Gasteiger partial charge < -0.3 is 8.83 Å². The fraction of sp³-hybridized carbons (Fsp3) is 0. The molecule has 10 rings (SSSR count). The van der Waals surface area contributed by atoms with E-state index in [2.05, 4.69) is 9.97 Å². The van der Waals surface area contributed by atoms with Gasteiger partial charge in [0, 0.05) is 32.5 Å². The Morgan fingerprint density at radius 2 is 1.27 bits per heavy atom. The van der Waals surface area contributed by atoms with Gasteiger partial charge >= 0.3 is 0 Å². The van der Waals surface area contributed by atoms with Gasteiger partial charge in [0.1, 0.15) is 22.3 Å². The molecule has 0 amide bonds. The van der Waals surface area contributed by atoms with Gasteiger partial charge in [0.2, 0.25) is 5.95 Å². The molecule has 0 unspecified atom stereocenters. The Balaban J connectivity index is 1.44. The average Bonchev–Trinajstić information content (AvgIpc) is 3.95. The first-order chi connectivity index (χ1) is 28.5. The van der Waals surface area contributed by atoms with Crippen molar-refractivity contribution in [3.63, 3.8) is 0 Å². The van der Waals surface area contributed by atoms with Crippen LogP contribution in [0, 0.1) is 0 Å². The van der Waals surface area contributed by atoms with Gasteiger partial charge in [-0.1, -0.05) is 96.8 Å². The molecule has 0 aliphatic carbocycles. The molecule has 0 radical (unpaired) electrons. The number of para-hydroxylation sites is 4. The zero-order chi connectivity index (χ0) is 42.5. The first-order valence-electron chi connectivity index (χ1n) is 21.2. The van der Waals surface area contributed by atoms with Gasteiger partial charge in [0.25, 0.3) is 0 Å². The minimum Gasteiger partial charge on any atom is -0.455 e. The fourth-order valence-electron chi connectivity index (χ4n) is 5.76. The summed E-state index contributed by atoms with van der Waals surface area (Å²) in [5, 5.41) is 0.624. The van der Waals surface area contributed by atoms with Crippen LogP contribution in [0.2, 0.25) is 0 Å². The maximum atomic E-state index is 9.45. The van der Waals surface area contributed by atoms with Crippen LogP contribution in [-0.2, 0) is 0 Å². The second-order valence-electron chi connectivity index (χ2n) is 10.1. The fourth-order valence-corrected chi connectivity index (χ4v) is 5.76. The zero-order valence-corrected chi connectivity index (χ0v) is 22.6. The number of hydrogen-bond donors (Lipinski definition) is 0. The molecule has 6 nitrogen and oxygen atoms in total. The van der Waals surface area contributed by atoms with Gasteiger partial charge in [-0.3, -0.25) is 4.57 Å². The van der Waals surface area contributed by atoms with E-state index in [4.69, 9.17) is 30.3 Å². The van der Waals surface area contributed by atoms with E-state index in [1.54, 1.807) is 24.3 Å². The van der Waals surface area contributed by atoms with Crippen molar-refractivity contribution in [1.82, 2.24) is 19.5 Å². The second-order valence-corrected chi connectivity index (χ2v) is 10.1. The van der Waals surface area contributed by atoms with Gasteiger partial charge in [-0.25, -0.2) is 4.98 Å². The van der Waals surface area contributed by atoms with Crippen molar-refractivity contribution >= 4 is 65.7 Å². The lowest BCUT2D eigenvalue weighted by atomic mass is 10.1. The third-order valence-electron chi connectivity index (χ3n) is 7.66. The molecule has 6 aromatic carbocycles. The Hall–Kier alpha value is -6.27. The third kappa shape index (κ3) is 3.48. The molecular weight excluding hydrogens is 556 g/mol. The summed E-state index contributed by atoms with van der Waals surface area (Å²) in [7, 11) is 0. The number of nitrogens with zero attached hydrogens (tertiary/aromatic N) is 4.